The number of ether oxygens (including phenoxy) is 2. The Morgan fingerprint density at radius 2 is 1.82 bits per heavy atom. The first-order valence-electron chi connectivity index (χ1n) is 5.93. The summed E-state index contributed by atoms with van der Waals surface area (Å²) in [6.45, 7) is 6.29. The van der Waals surface area contributed by atoms with E-state index < -0.39 is 0 Å². The second kappa shape index (κ2) is 7.70. The SMILES string of the molecule is CC(C)CCOCCOc1ccc(C#N)cc1. The van der Waals surface area contributed by atoms with Crippen LogP contribution in [0.5, 0.6) is 5.75 Å². The van der Waals surface area contributed by atoms with Crippen molar-refractivity contribution in [2.45, 2.75) is 20.3 Å². The maximum Gasteiger partial charge on any atom is 0.119 e. The zero-order valence-electron chi connectivity index (χ0n) is 10.5. The highest BCUT2D eigenvalue weighted by Gasteiger charge is 1.96. The van der Waals surface area contributed by atoms with Crippen molar-refractivity contribution in [3.63, 3.8) is 0 Å². The monoisotopic (exact) mass is 233 g/mol. The molecule has 0 radical (unpaired) electrons. The number of nitrogens with zero attached hydrogens (tertiary/aromatic N) is 1. The van der Waals surface area contributed by atoms with Crippen molar-refractivity contribution in [1.29, 1.82) is 5.26 Å². The van der Waals surface area contributed by atoms with Gasteiger partial charge in [-0.1, -0.05) is 13.8 Å². The highest BCUT2D eigenvalue weighted by Crippen LogP contribution is 2.11. The van der Waals surface area contributed by atoms with Gasteiger partial charge in [-0.15, -0.1) is 0 Å². The smallest absolute Gasteiger partial charge is 0.119 e. The van der Waals surface area contributed by atoms with Crippen LogP contribution in [0.2, 0.25) is 0 Å². The van der Waals surface area contributed by atoms with Crippen molar-refractivity contribution in [3.05, 3.63) is 29.8 Å². The molecule has 1 rings (SSSR count). The van der Waals surface area contributed by atoms with Gasteiger partial charge in [0.2, 0.25) is 0 Å². The van der Waals surface area contributed by atoms with Crippen molar-refractivity contribution in [1.82, 2.24) is 0 Å². The van der Waals surface area contributed by atoms with E-state index in [9.17, 15) is 0 Å². The fraction of sp³-hybridized carbons (Fsp3) is 0.500. The van der Waals surface area contributed by atoms with Crippen molar-refractivity contribution in [2.75, 3.05) is 19.8 Å². The Balaban J connectivity index is 2.12. The summed E-state index contributed by atoms with van der Waals surface area (Å²) in [7, 11) is 0. The predicted molar refractivity (Wildman–Crippen MR) is 66.9 cm³/mol. The van der Waals surface area contributed by atoms with E-state index in [1.807, 2.05) is 0 Å². The van der Waals surface area contributed by atoms with Crippen LogP contribution in [0.25, 0.3) is 0 Å². The van der Waals surface area contributed by atoms with Gasteiger partial charge in [0.25, 0.3) is 0 Å². The zero-order chi connectivity index (χ0) is 12.5. The molecule has 17 heavy (non-hydrogen) atoms. The molecule has 0 heterocycles. The van der Waals surface area contributed by atoms with E-state index in [0.717, 1.165) is 18.8 Å². The third-order valence-electron chi connectivity index (χ3n) is 2.32. The lowest BCUT2D eigenvalue weighted by Crippen LogP contribution is -2.08. The Morgan fingerprint density at radius 1 is 1.12 bits per heavy atom. The fourth-order valence-corrected chi connectivity index (χ4v) is 1.27. The summed E-state index contributed by atoms with van der Waals surface area (Å²) in [5, 5.41) is 8.64. The number of hydrogen-bond acceptors (Lipinski definition) is 3. The summed E-state index contributed by atoms with van der Waals surface area (Å²) >= 11 is 0. The lowest BCUT2D eigenvalue weighted by atomic mass is 10.1. The molecule has 0 spiro atoms. The van der Waals surface area contributed by atoms with Crippen LogP contribution in [0.4, 0.5) is 0 Å². The molecule has 0 aliphatic heterocycles. The highest BCUT2D eigenvalue weighted by atomic mass is 16.5. The lowest BCUT2D eigenvalue weighted by molar-refractivity contribution is 0.0926. The minimum atomic E-state index is 0.546. The van der Waals surface area contributed by atoms with E-state index in [4.69, 9.17) is 14.7 Å². The van der Waals surface area contributed by atoms with Gasteiger partial charge in [0.1, 0.15) is 12.4 Å². The summed E-state index contributed by atoms with van der Waals surface area (Å²) in [4.78, 5) is 0. The first-order valence-corrected chi connectivity index (χ1v) is 5.93. The van der Waals surface area contributed by atoms with Gasteiger partial charge < -0.3 is 9.47 Å². The molecule has 3 heteroatoms. The second-order valence-corrected chi connectivity index (χ2v) is 4.28. The van der Waals surface area contributed by atoms with Crippen molar-refractivity contribution in [2.24, 2.45) is 5.92 Å². The first-order chi connectivity index (χ1) is 8.22. The Labute approximate surface area is 103 Å². The molecule has 0 aromatic heterocycles. The Bertz CT molecular complexity index is 351. The lowest BCUT2D eigenvalue weighted by Gasteiger charge is -2.08. The highest BCUT2D eigenvalue weighted by molar-refractivity contribution is 5.34. The molecule has 0 saturated carbocycles. The summed E-state index contributed by atoms with van der Waals surface area (Å²) in [6, 6.07) is 9.16. The molecule has 0 fully saturated rings. The molecule has 0 bridgehead atoms. The van der Waals surface area contributed by atoms with Crippen LogP contribution in [0.1, 0.15) is 25.8 Å². The van der Waals surface area contributed by atoms with Gasteiger partial charge in [-0.3, -0.25) is 0 Å². The van der Waals surface area contributed by atoms with Crippen LogP contribution in [0.3, 0.4) is 0 Å². The molecule has 0 aliphatic carbocycles. The maximum absolute atomic E-state index is 8.64. The number of benzene rings is 1. The number of rotatable bonds is 7. The molecule has 0 saturated heterocycles. The third kappa shape index (κ3) is 5.94. The van der Waals surface area contributed by atoms with Gasteiger partial charge >= 0.3 is 0 Å². The van der Waals surface area contributed by atoms with Crippen LogP contribution in [0.15, 0.2) is 24.3 Å². The predicted octanol–water partition coefficient (Wildman–Crippen LogP) is 3.00. The molecule has 0 amide bonds. The molecular formula is C14H19NO2. The summed E-state index contributed by atoms with van der Waals surface area (Å²) in [5.74, 6) is 1.45. The van der Waals surface area contributed by atoms with Gasteiger partial charge in [-0.25, -0.2) is 0 Å². The van der Waals surface area contributed by atoms with E-state index in [1.165, 1.54) is 0 Å². The normalized spacial score (nSPS) is 10.2. The Kier molecular flexibility index (Phi) is 6.13. The molecule has 1 aromatic rings. The summed E-state index contributed by atoms with van der Waals surface area (Å²) in [5.41, 5.74) is 0.644. The average molecular weight is 233 g/mol. The summed E-state index contributed by atoms with van der Waals surface area (Å²) in [6.07, 6.45) is 1.08. The Morgan fingerprint density at radius 3 is 2.41 bits per heavy atom. The molecule has 0 aliphatic rings. The van der Waals surface area contributed by atoms with Crippen LogP contribution in [-0.4, -0.2) is 19.8 Å². The zero-order valence-corrected chi connectivity index (χ0v) is 10.5. The fourth-order valence-electron chi connectivity index (χ4n) is 1.27. The third-order valence-corrected chi connectivity index (χ3v) is 2.32. The van der Waals surface area contributed by atoms with Crippen molar-refractivity contribution < 1.29 is 9.47 Å². The van der Waals surface area contributed by atoms with Crippen LogP contribution < -0.4 is 4.74 Å². The van der Waals surface area contributed by atoms with Crippen LogP contribution in [-0.2, 0) is 4.74 Å². The van der Waals surface area contributed by atoms with Gasteiger partial charge in [-0.2, -0.15) is 5.26 Å². The van der Waals surface area contributed by atoms with Crippen molar-refractivity contribution in [3.8, 4) is 11.8 Å². The largest absolute Gasteiger partial charge is 0.491 e. The van der Waals surface area contributed by atoms with E-state index in [1.54, 1.807) is 24.3 Å². The van der Waals surface area contributed by atoms with Gasteiger partial charge in [0.15, 0.2) is 0 Å². The topological polar surface area (TPSA) is 42.2 Å². The first kappa shape index (κ1) is 13.5. The van der Waals surface area contributed by atoms with Gasteiger partial charge in [0, 0.05) is 6.61 Å². The van der Waals surface area contributed by atoms with Crippen LogP contribution in [0, 0.1) is 17.2 Å². The maximum atomic E-state index is 8.64. The average Bonchev–Trinajstić information content (AvgIpc) is 2.34. The van der Waals surface area contributed by atoms with Gasteiger partial charge in [-0.05, 0) is 36.6 Å². The van der Waals surface area contributed by atoms with E-state index in [-0.39, 0.29) is 0 Å². The second-order valence-electron chi connectivity index (χ2n) is 4.28. The van der Waals surface area contributed by atoms with Crippen molar-refractivity contribution >= 4 is 0 Å². The molecule has 0 N–H and O–H groups in total. The standard InChI is InChI=1S/C14H19NO2/c1-12(2)7-8-16-9-10-17-14-5-3-13(11-15)4-6-14/h3-6,12H,7-10H2,1-2H3. The number of hydrogen-bond donors (Lipinski definition) is 0. The van der Waals surface area contributed by atoms with E-state index >= 15 is 0 Å². The Hall–Kier alpha value is -1.53. The van der Waals surface area contributed by atoms with Crippen LogP contribution >= 0.6 is 0 Å². The minimum absolute atomic E-state index is 0.546. The quantitative estimate of drug-likeness (QED) is 0.680. The molecule has 0 unspecified atom stereocenters. The minimum Gasteiger partial charge on any atom is -0.491 e. The van der Waals surface area contributed by atoms with E-state index in [0.29, 0.717) is 24.7 Å². The molecule has 3 nitrogen and oxygen atoms in total. The molecule has 92 valence electrons. The number of nitriles is 1. The van der Waals surface area contributed by atoms with Gasteiger partial charge in [0.05, 0.1) is 18.2 Å². The molecular weight excluding hydrogens is 214 g/mol. The molecule has 0 atom stereocenters. The molecule has 1 aromatic carbocycles. The van der Waals surface area contributed by atoms with E-state index in [2.05, 4.69) is 19.9 Å². The summed E-state index contributed by atoms with van der Waals surface area (Å²) < 4.78 is 10.9.